The largest absolute Gasteiger partial charge is 0.368 e. The molecule has 4 aromatic rings. The van der Waals surface area contributed by atoms with E-state index in [1.807, 2.05) is 30.3 Å². The molecule has 0 aliphatic carbocycles. The molecular formula is C19H16Cl2N8. The van der Waals surface area contributed by atoms with Crippen LogP contribution in [0.3, 0.4) is 0 Å². The Labute approximate surface area is 176 Å². The van der Waals surface area contributed by atoms with Gasteiger partial charge in [-0.05, 0) is 35.9 Å². The van der Waals surface area contributed by atoms with E-state index in [9.17, 15) is 0 Å². The van der Waals surface area contributed by atoms with Crippen molar-refractivity contribution >= 4 is 46.6 Å². The quantitative estimate of drug-likeness (QED) is 0.421. The Hall–Kier alpha value is -3.36. The molecule has 0 atom stereocenters. The average Bonchev–Trinajstić information content (AvgIpc) is 3.09. The van der Waals surface area contributed by atoms with E-state index in [2.05, 4.69) is 30.7 Å². The first-order valence-corrected chi connectivity index (χ1v) is 9.39. The standard InChI is InChI=1S/C19H16Cl2N8/c20-13-6-7-15(21)12(8-13)10-23-16-9-17(25-11-24-16)29-18(22)27-19(28-29)26-14-4-2-1-3-5-14/h1-9,11H,10H2,(H,23,24,25)(H3,22,26,27,28). The summed E-state index contributed by atoms with van der Waals surface area (Å²) in [5.41, 5.74) is 7.73. The molecule has 146 valence electrons. The third-order valence-electron chi connectivity index (χ3n) is 4.00. The summed E-state index contributed by atoms with van der Waals surface area (Å²) >= 11 is 12.2. The number of nitrogens with two attached hydrogens (primary N) is 1. The lowest BCUT2D eigenvalue weighted by Gasteiger charge is -2.09. The molecule has 0 spiro atoms. The van der Waals surface area contributed by atoms with Crippen LogP contribution in [0.2, 0.25) is 10.0 Å². The van der Waals surface area contributed by atoms with Crippen molar-refractivity contribution in [3.63, 3.8) is 0 Å². The van der Waals surface area contributed by atoms with Gasteiger partial charge in [0.25, 0.3) is 0 Å². The fourth-order valence-electron chi connectivity index (χ4n) is 2.62. The number of nitrogen functional groups attached to an aromatic ring is 1. The number of aromatic nitrogens is 5. The number of nitrogens with zero attached hydrogens (tertiary/aromatic N) is 5. The summed E-state index contributed by atoms with van der Waals surface area (Å²) in [5, 5.41) is 11.9. The zero-order valence-electron chi connectivity index (χ0n) is 15.0. The second kappa shape index (κ2) is 8.34. The molecule has 0 amide bonds. The molecule has 10 heteroatoms. The van der Waals surface area contributed by atoms with Gasteiger partial charge in [-0.25, -0.2) is 9.97 Å². The Morgan fingerprint density at radius 3 is 2.66 bits per heavy atom. The molecule has 4 rings (SSSR count). The lowest BCUT2D eigenvalue weighted by molar-refractivity contribution is 0.851. The Morgan fingerprint density at radius 2 is 1.83 bits per heavy atom. The third-order valence-corrected chi connectivity index (χ3v) is 4.60. The highest BCUT2D eigenvalue weighted by molar-refractivity contribution is 6.33. The molecule has 0 fully saturated rings. The lowest BCUT2D eigenvalue weighted by atomic mass is 10.2. The maximum Gasteiger partial charge on any atom is 0.248 e. The number of para-hydroxylation sites is 1. The third kappa shape index (κ3) is 4.56. The fraction of sp³-hybridized carbons (Fsp3) is 0.0526. The Balaban J connectivity index is 1.52. The van der Waals surface area contributed by atoms with Gasteiger partial charge in [0.2, 0.25) is 11.9 Å². The number of nitrogens with one attached hydrogen (secondary N) is 2. The van der Waals surface area contributed by atoms with Crippen LogP contribution >= 0.6 is 23.2 Å². The summed E-state index contributed by atoms with van der Waals surface area (Å²) in [7, 11) is 0. The number of hydrogen-bond donors (Lipinski definition) is 3. The smallest absolute Gasteiger partial charge is 0.248 e. The van der Waals surface area contributed by atoms with Crippen LogP contribution in [0.1, 0.15) is 5.56 Å². The van der Waals surface area contributed by atoms with Crippen LogP contribution < -0.4 is 16.4 Å². The van der Waals surface area contributed by atoms with Crippen molar-refractivity contribution in [2.75, 3.05) is 16.4 Å². The van der Waals surface area contributed by atoms with E-state index in [-0.39, 0.29) is 5.95 Å². The second-order valence-corrected chi connectivity index (χ2v) is 6.89. The summed E-state index contributed by atoms with van der Waals surface area (Å²) < 4.78 is 1.44. The molecule has 0 saturated heterocycles. The minimum absolute atomic E-state index is 0.200. The number of hydrogen-bond acceptors (Lipinski definition) is 7. The molecule has 0 aliphatic rings. The summed E-state index contributed by atoms with van der Waals surface area (Å²) in [5.74, 6) is 1.63. The van der Waals surface area contributed by atoms with Gasteiger partial charge in [0.05, 0.1) is 0 Å². The minimum atomic E-state index is 0.200. The molecule has 0 unspecified atom stereocenters. The molecule has 2 heterocycles. The van der Waals surface area contributed by atoms with E-state index >= 15 is 0 Å². The van der Waals surface area contributed by atoms with Crippen LogP contribution in [0.4, 0.5) is 23.4 Å². The number of halogens is 2. The van der Waals surface area contributed by atoms with Crippen molar-refractivity contribution in [3.05, 3.63) is 76.5 Å². The van der Waals surface area contributed by atoms with Crippen molar-refractivity contribution in [1.82, 2.24) is 24.7 Å². The molecule has 8 nitrogen and oxygen atoms in total. The number of benzene rings is 2. The van der Waals surface area contributed by atoms with E-state index in [1.165, 1.54) is 11.0 Å². The van der Waals surface area contributed by atoms with Crippen molar-refractivity contribution in [2.45, 2.75) is 6.54 Å². The molecule has 0 bridgehead atoms. The maximum absolute atomic E-state index is 6.20. The monoisotopic (exact) mass is 426 g/mol. The van der Waals surface area contributed by atoms with Gasteiger partial charge in [0.1, 0.15) is 12.1 Å². The Morgan fingerprint density at radius 1 is 1.00 bits per heavy atom. The van der Waals surface area contributed by atoms with Gasteiger partial charge in [0, 0.05) is 28.3 Å². The zero-order chi connectivity index (χ0) is 20.2. The highest BCUT2D eigenvalue weighted by atomic mass is 35.5. The number of rotatable bonds is 6. The van der Waals surface area contributed by atoms with Crippen molar-refractivity contribution in [3.8, 4) is 5.82 Å². The Bertz CT molecular complexity index is 1130. The highest BCUT2D eigenvalue weighted by Gasteiger charge is 2.11. The molecule has 0 saturated carbocycles. The molecule has 29 heavy (non-hydrogen) atoms. The zero-order valence-corrected chi connectivity index (χ0v) is 16.6. The van der Waals surface area contributed by atoms with E-state index < -0.39 is 0 Å². The summed E-state index contributed by atoms with van der Waals surface area (Å²) in [4.78, 5) is 12.7. The first kappa shape index (κ1) is 19.0. The maximum atomic E-state index is 6.20. The first-order chi connectivity index (χ1) is 14.1. The SMILES string of the molecule is Nc1nc(Nc2ccccc2)nn1-c1cc(NCc2cc(Cl)ccc2Cl)ncn1. The fourth-order valence-corrected chi connectivity index (χ4v) is 3.00. The second-order valence-electron chi connectivity index (χ2n) is 6.05. The molecule has 0 aliphatic heterocycles. The minimum Gasteiger partial charge on any atom is -0.368 e. The van der Waals surface area contributed by atoms with Crippen LogP contribution in [-0.2, 0) is 6.54 Å². The lowest BCUT2D eigenvalue weighted by Crippen LogP contribution is -2.07. The van der Waals surface area contributed by atoms with Crippen LogP contribution in [0.25, 0.3) is 5.82 Å². The van der Waals surface area contributed by atoms with E-state index in [1.54, 1.807) is 24.3 Å². The van der Waals surface area contributed by atoms with Crippen molar-refractivity contribution in [1.29, 1.82) is 0 Å². The van der Waals surface area contributed by atoms with Gasteiger partial charge in [-0.15, -0.1) is 5.10 Å². The van der Waals surface area contributed by atoms with Gasteiger partial charge < -0.3 is 16.4 Å². The predicted octanol–water partition coefficient (Wildman–Crippen LogP) is 4.30. The Kier molecular flexibility index (Phi) is 5.46. The van der Waals surface area contributed by atoms with E-state index in [4.69, 9.17) is 28.9 Å². The van der Waals surface area contributed by atoms with Gasteiger partial charge in [-0.1, -0.05) is 41.4 Å². The molecule has 2 aromatic heterocycles. The van der Waals surface area contributed by atoms with E-state index in [0.717, 1.165) is 11.3 Å². The molecule has 2 aromatic carbocycles. The van der Waals surface area contributed by atoms with Crippen LogP contribution in [0.5, 0.6) is 0 Å². The average molecular weight is 427 g/mol. The molecular weight excluding hydrogens is 411 g/mol. The summed E-state index contributed by atoms with van der Waals surface area (Å²) in [6.45, 7) is 0.448. The predicted molar refractivity (Wildman–Crippen MR) is 115 cm³/mol. The van der Waals surface area contributed by atoms with Gasteiger partial charge in [-0.3, -0.25) is 0 Å². The summed E-state index contributed by atoms with van der Waals surface area (Å²) in [6.07, 6.45) is 1.42. The molecule has 0 radical (unpaired) electrons. The molecule has 4 N–H and O–H groups in total. The summed E-state index contributed by atoms with van der Waals surface area (Å²) in [6, 6.07) is 16.6. The topological polar surface area (TPSA) is 107 Å². The van der Waals surface area contributed by atoms with Crippen LogP contribution in [0.15, 0.2) is 60.9 Å². The van der Waals surface area contributed by atoms with Crippen LogP contribution in [-0.4, -0.2) is 24.7 Å². The number of anilines is 4. The first-order valence-electron chi connectivity index (χ1n) is 8.63. The van der Waals surface area contributed by atoms with E-state index in [0.29, 0.717) is 34.2 Å². The van der Waals surface area contributed by atoms with Gasteiger partial charge in [-0.2, -0.15) is 9.67 Å². The normalized spacial score (nSPS) is 10.7. The van der Waals surface area contributed by atoms with Crippen molar-refractivity contribution in [2.24, 2.45) is 0 Å². The van der Waals surface area contributed by atoms with Crippen LogP contribution in [0, 0.1) is 0 Å². The van der Waals surface area contributed by atoms with Gasteiger partial charge in [0.15, 0.2) is 5.82 Å². The highest BCUT2D eigenvalue weighted by Crippen LogP contribution is 2.22. The van der Waals surface area contributed by atoms with Crippen molar-refractivity contribution < 1.29 is 0 Å². The van der Waals surface area contributed by atoms with Gasteiger partial charge >= 0.3 is 0 Å².